The monoisotopic (exact) mass is 237 g/mol. The number of aromatic nitrogens is 1. The van der Waals surface area contributed by atoms with Crippen LogP contribution in [0.3, 0.4) is 0 Å². The summed E-state index contributed by atoms with van der Waals surface area (Å²) in [4.78, 5) is 2.45. The highest BCUT2D eigenvalue weighted by atomic mass is 16.5. The topological polar surface area (TPSA) is 29.4 Å². The first kappa shape index (κ1) is 12.6. The molecule has 1 aromatic rings. The van der Waals surface area contributed by atoms with Crippen LogP contribution in [-0.2, 0) is 17.8 Å². The Morgan fingerprint density at radius 2 is 2.18 bits per heavy atom. The summed E-state index contributed by atoms with van der Waals surface area (Å²) in [7, 11) is 0. The van der Waals surface area contributed by atoms with Crippen LogP contribution in [0.5, 0.6) is 0 Å². The molecular weight excluding hydrogens is 214 g/mol. The third-order valence-corrected chi connectivity index (χ3v) is 3.21. The lowest BCUT2D eigenvalue weighted by molar-refractivity contribution is 0.0384. The maximum Gasteiger partial charge on any atom is 0.0594 e. The molecule has 0 bridgehead atoms. The molecule has 0 aliphatic carbocycles. The molecular formula is C13H23N3O. The van der Waals surface area contributed by atoms with Crippen molar-refractivity contribution in [2.24, 2.45) is 0 Å². The molecule has 17 heavy (non-hydrogen) atoms. The van der Waals surface area contributed by atoms with E-state index < -0.39 is 0 Å². The predicted octanol–water partition coefficient (Wildman–Crippen LogP) is 0.930. The number of ether oxygens (including phenoxy) is 1. The average molecular weight is 237 g/mol. The third-order valence-electron chi connectivity index (χ3n) is 3.21. The molecule has 0 unspecified atom stereocenters. The number of morpholine rings is 1. The fourth-order valence-corrected chi connectivity index (χ4v) is 2.09. The van der Waals surface area contributed by atoms with Crippen molar-refractivity contribution in [2.75, 3.05) is 39.4 Å². The maximum absolute atomic E-state index is 5.33. The average Bonchev–Trinajstić information content (AvgIpc) is 2.84. The number of nitrogens with one attached hydrogen (secondary N) is 1. The van der Waals surface area contributed by atoms with E-state index in [9.17, 15) is 0 Å². The number of rotatable bonds is 6. The van der Waals surface area contributed by atoms with E-state index in [0.717, 1.165) is 52.5 Å². The summed E-state index contributed by atoms with van der Waals surface area (Å²) < 4.78 is 7.53. The van der Waals surface area contributed by atoms with E-state index in [1.807, 2.05) is 0 Å². The Bertz CT molecular complexity index is 318. The molecule has 0 radical (unpaired) electrons. The highest BCUT2D eigenvalue weighted by Crippen LogP contribution is 2.00. The Morgan fingerprint density at radius 1 is 1.35 bits per heavy atom. The van der Waals surface area contributed by atoms with Crippen LogP contribution >= 0.6 is 0 Å². The number of aryl methyl sites for hydroxylation is 1. The zero-order valence-electron chi connectivity index (χ0n) is 10.7. The quantitative estimate of drug-likeness (QED) is 0.746. The summed E-state index contributed by atoms with van der Waals surface area (Å²) in [6.07, 6.45) is 4.35. The second kappa shape index (κ2) is 6.79. The lowest BCUT2D eigenvalue weighted by atomic mass is 10.3. The largest absolute Gasteiger partial charge is 0.379 e. The molecule has 0 amide bonds. The van der Waals surface area contributed by atoms with Crippen molar-refractivity contribution >= 4 is 0 Å². The van der Waals surface area contributed by atoms with E-state index in [-0.39, 0.29) is 0 Å². The molecule has 1 N–H and O–H groups in total. The Balaban J connectivity index is 1.59. The minimum Gasteiger partial charge on any atom is -0.379 e. The third kappa shape index (κ3) is 4.15. The second-order valence-electron chi connectivity index (χ2n) is 4.48. The zero-order chi connectivity index (χ0) is 11.9. The molecule has 1 fully saturated rings. The highest BCUT2D eigenvalue weighted by molar-refractivity contribution is 5.09. The van der Waals surface area contributed by atoms with Crippen molar-refractivity contribution in [1.82, 2.24) is 14.8 Å². The van der Waals surface area contributed by atoms with Crippen LogP contribution in [0.4, 0.5) is 0 Å². The van der Waals surface area contributed by atoms with Gasteiger partial charge in [0.15, 0.2) is 0 Å². The fourth-order valence-electron chi connectivity index (χ4n) is 2.09. The fraction of sp³-hybridized carbons (Fsp3) is 0.692. The summed E-state index contributed by atoms with van der Waals surface area (Å²) in [6.45, 7) is 10.3. The minimum atomic E-state index is 0.888. The molecule has 2 rings (SSSR count). The van der Waals surface area contributed by atoms with Crippen LogP contribution in [0.25, 0.3) is 0 Å². The highest BCUT2D eigenvalue weighted by Gasteiger charge is 2.08. The summed E-state index contributed by atoms with van der Waals surface area (Å²) in [6, 6.07) is 2.19. The molecule has 1 saturated heterocycles. The Hall–Kier alpha value is -0.840. The number of nitrogens with zero attached hydrogens (tertiary/aromatic N) is 2. The van der Waals surface area contributed by atoms with Gasteiger partial charge in [-0.05, 0) is 18.6 Å². The molecule has 96 valence electrons. The SMILES string of the molecule is CCn1ccc(CNCCN2CCOCC2)c1. The Morgan fingerprint density at radius 3 is 2.88 bits per heavy atom. The lowest BCUT2D eigenvalue weighted by Gasteiger charge is -2.26. The van der Waals surface area contributed by atoms with Gasteiger partial charge >= 0.3 is 0 Å². The smallest absolute Gasteiger partial charge is 0.0594 e. The molecule has 1 aliphatic heterocycles. The lowest BCUT2D eigenvalue weighted by Crippen LogP contribution is -2.40. The molecule has 4 nitrogen and oxygen atoms in total. The first-order valence-electron chi connectivity index (χ1n) is 6.54. The Kier molecular flexibility index (Phi) is 5.04. The molecule has 2 heterocycles. The van der Waals surface area contributed by atoms with Gasteiger partial charge in [0, 0.05) is 51.7 Å². The van der Waals surface area contributed by atoms with Crippen LogP contribution in [-0.4, -0.2) is 48.9 Å². The van der Waals surface area contributed by atoms with Crippen molar-refractivity contribution < 1.29 is 4.74 Å². The molecule has 0 aromatic carbocycles. The first-order valence-corrected chi connectivity index (χ1v) is 6.54. The van der Waals surface area contributed by atoms with Gasteiger partial charge in [0.1, 0.15) is 0 Å². The van der Waals surface area contributed by atoms with Gasteiger partial charge in [0.25, 0.3) is 0 Å². The van der Waals surface area contributed by atoms with Gasteiger partial charge < -0.3 is 14.6 Å². The normalized spacial score (nSPS) is 17.5. The molecule has 1 aliphatic rings. The van der Waals surface area contributed by atoms with E-state index in [1.54, 1.807) is 0 Å². The van der Waals surface area contributed by atoms with Gasteiger partial charge in [-0.15, -0.1) is 0 Å². The predicted molar refractivity (Wildman–Crippen MR) is 69.1 cm³/mol. The van der Waals surface area contributed by atoms with Gasteiger partial charge in [0.05, 0.1) is 13.2 Å². The van der Waals surface area contributed by atoms with Crippen molar-refractivity contribution in [1.29, 1.82) is 0 Å². The van der Waals surface area contributed by atoms with E-state index in [4.69, 9.17) is 4.74 Å². The van der Waals surface area contributed by atoms with Crippen molar-refractivity contribution in [3.63, 3.8) is 0 Å². The summed E-state index contributed by atoms with van der Waals surface area (Å²) in [5, 5.41) is 3.49. The van der Waals surface area contributed by atoms with Crippen LogP contribution < -0.4 is 5.32 Å². The van der Waals surface area contributed by atoms with Gasteiger partial charge in [-0.25, -0.2) is 0 Å². The van der Waals surface area contributed by atoms with E-state index in [1.165, 1.54) is 5.56 Å². The van der Waals surface area contributed by atoms with Crippen LogP contribution in [0.15, 0.2) is 18.5 Å². The first-order chi connectivity index (χ1) is 8.38. The minimum absolute atomic E-state index is 0.888. The van der Waals surface area contributed by atoms with Gasteiger partial charge in [-0.2, -0.15) is 0 Å². The zero-order valence-corrected chi connectivity index (χ0v) is 10.7. The molecule has 4 heteroatoms. The molecule has 0 spiro atoms. The Labute approximate surface area is 104 Å². The number of hydrogen-bond donors (Lipinski definition) is 1. The summed E-state index contributed by atoms with van der Waals surface area (Å²) in [5.41, 5.74) is 1.37. The van der Waals surface area contributed by atoms with Gasteiger partial charge in [-0.3, -0.25) is 4.90 Å². The van der Waals surface area contributed by atoms with Crippen LogP contribution in [0.2, 0.25) is 0 Å². The van der Waals surface area contributed by atoms with E-state index in [0.29, 0.717) is 0 Å². The van der Waals surface area contributed by atoms with Crippen molar-refractivity contribution in [3.05, 3.63) is 24.0 Å². The summed E-state index contributed by atoms with van der Waals surface area (Å²) in [5.74, 6) is 0. The number of hydrogen-bond acceptors (Lipinski definition) is 3. The van der Waals surface area contributed by atoms with Gasteiger partial charge in [0.2, 0.25) is 0 Å². The standard InChI is InChI=1S/C13H23N3O/c1-2-15-5-3-13(12-15)11-14-4-6-16-7-9-17-10-8-16/h3,5,12,14H,2,4,6-11H2,1H3. The van der Waals surface area contributed by atoms with E-state index in [2.05, 4.69) is 40.2 Å². The van der Waals surface area contributed by atoms with Crippen LogP contribution in [0, 0.1) is 0 Å². The molecule has 1 aromatic heterocycles. The van der Waals surface area contributed by atoms with Gasteiger partial charge in [-0.1, -0.05) is 0 Å². The maximum atomic E-state index is 5.33. The van der Waals surface area contributed by atoms with Crippen molar-refractivity contribution in [2.45, 2.75) is 20.0 Å². The molecule has 0 saturated carbocycles. The second-order valence-corrected chi connectivity index (χ2v) is 4.48. The summed E-state index contributed by atoms with van der Waals surface area (Å²) >= 11 is 0. The van der Waals surface area contributed by atoms with Crippen LogP contribution in [0.1, 0.15) is 12.5 Å². The van der Waals surface area contributed by atoms with E-state index >= 15 is 0 Å². The molecule has 0 atom stereocenters. The van der Waals surface area contributed by atoms with Crippen molar-refractivity contribution in [3.8, 4) is 0 Å².